The molecule has 0 N–H and O–H groups in total. The summed E-state index contributed by atoms with van der Waals surface area (Å²) in [7, 11) is 0. The van der Waals surface area contributed by atoms with Crippen LogP contribution in [0.25, 0.3) is 0 Å². The first-order valence-corrected chi connectivity index (χ1v) is 8.75. The highest BCUT2D eigenvalue weighted by Gasteiger charge is 2.01. The highest BCUT2D eigenvalue weighted by atomic mass is 35.5. The standard InChI is InChI=1S/C15H14Cl2S2/c16-12-6-1-3-8-14(12)18-10-5-11-19-15-9-4-2-7-13(15)17/h1-4,6-9H,5,10-11H2. The van der Waals surface area contributed by atoms with Crippen LogP contribution < -0.4 is 0 Å². The molecule has 2 aromatic carbocycles. The minimum Gasteiger partial charge on any atom is -0.125 e. The first kappa shape index (κ1) is 15.1. The summed E-state index contributed by atoms with van der Waals surface area (Å²) in [5.41, 5.74) is 0. The Morgan fingerprint density at radius 1 is 0.684 bits per heavy atom. The van der Waals surface area contributed by atoms with Gasteiger partial charge in [-0.25, -0.2) is 0 Å². The van der Waals surface area contributed by atoms with Gasteiger partial charge < -0.3 is 0 Å². The van der Waals surface area contributed by atoms with Crippen molar-refractivity contribution in [2.75, 3.05) is 11.5 Å². The lowest BCUT2D eigenvalue weighted by atomic mass is 10.4. The van der Waals surface area contributed by atoms with Crippen molar-refractivity contribution in [1.82, 2.24) is 0 Å². The number of hydrogen-bond donors (Lipinski definition) is 0. The van der Waals surface area contributed by atoms with E-state index in [1.807, 2.05) is 59.9 Å². The van der Waals surface area contributed by atoms with Gasteiger partial charge in [-0.1, -0.05) is 47.5 Å². The summed E-state index contributed by atoms with van der Waals surface area (Å²) in [4.78, 5) is 2.32. The second-order valence-electron chi connectivity index (χ2n) is 3.91. The molecule has 0 amide bonds. The summed E-state index contributed by atoms with van der Waals surface area (Å²) in [5.74, 6) is 2.14. The first-order chi connectivity index (χ1) is 9.27. The van der Waals surface area contributed by atoms with Gasteiger partial charge in [0.25, 0.3) is 0 Å². The average Bonchev–Trinajstić information content (AvgIpc) is 2.42. The zero-order chi connectivity index (χ0) is 13.5. The van der Waals surface area contributed by atoms with Crippen LogP contribution in [0.15, 0.2) is 58.3 Å². The molecule has 2 aromatic rings. The molecular formula is C15H14Cl2S2. The average molecular weight is 329 g/mol. The number of halogens is 2. The Bertz CT molecular complexity index is 482. The van der Waals surface area contributed by atoms with Gasteiger partial charge in [0.2, 0.25) is 0 Å². The predicted octanol–water partition coefficient (Wildman–Crippen LogP) is 6.27. The SMILES string of the molecule is Clc1ccccc1SCCCSc1ccccc1Cl. The predicted molar refractivity (Wildman–Crippen MR) is 89.0 cm³/mol. The van der Waals surface area contributed by atoms with Gasteiger partial charge in [-0.15, -0.1) is 23.5 Å². The second-order valence-corrected chi connectivity index (χ2v) is 7.00. The number of benzene rings is 2. The van der Waals surface area contributed by atoms with Gasteiger partial charge >= 0.3 is 0 Å². The summed E-state index contributed by atoms with van der Waals surface area (Å²) in [5, 5.41) is 1.68. The van der Waals surface area contributed by atoms with Gasteiger partial charge in [0.1, 0.15) is 0 Å². The van der Waals surface area contributed by atoms with Crippen LogP contribution >= 0.6 is 46.7 Å². The fraction of sp³-hybridized carbons (Fsp3) is 0.200. The van der Waals surface area contributed by atoms with Crippen LogP contribution in [0, 0.1) is 0 Å². The van der Waals surface area contributed by atoms with E-state index in [0.29, 0.717) is 0 Å². The van der Waals surface area contributed by atoms with Crippen LogP contribution in [0.4, 0.5) is 0 Å². The molecule has 19 heavy (non-hydrogen) atoms. The molecule has 0 radical (unpaired) electrons. The van der Waals surface area contributed by atoms with Crippen molar-refractivity contribution in [2.24, 2.45) is 0 Å². The smallest absolute Gasteiger partial charge is 0.0541 e. The largest absolute Gasteiger partial charge is 0.125 e. The van der Waals surface area contributed by atoms with E-state index in [4.69, 9.17) is 23.2 Å². The maximum absolute atomic E-state index is 6.11. The van der Waals surface area contributed by atoms with Gasteiger partial charge in [-0.05, 0) is 42.2 Å². The van der Waals surface area contributed by atoms with Crippen molar-refractivity contribution in [2.45, 2.75) is 16.2 Å². The molecule has 2 rings (SSSR count). The van der Waals surface area contributed by atoms with E-state index >= 15 is 0 Å². The molecule has 0 saturated carbocycles. The fourth-order valence-corrected chi connectivity index (χ4v) is 4.11. The molecule has 0 aliphatic rings. The molecule has 0 atom stereocenters. The molecule has 0 spiro atoms. The highest BCUT2D eigenvalue weighted by molar-refractivity contribution is 8.00. The van der Waals surface area contributed by atoms with Crippen LogP contribution in [-0.4, -0.2) is 11.5 Å². The van der Waals surface area contributed by atoms with E-state index in [9.17, 15) is 0 Å². The van der Waals surface area contributed by atoms with E-state index in [2.05, 4.69) is 12.1 Å². The molecule has 0 saturated heterocycles. The lowest BCUT2D eigenvalue weighted by Gasteiger charge is -2.05. The Morgan fingerprint density at radius 3 is 1.53 bits per heavy atom. The van der Waals surface area contributed by atoms with Gasteiger partial charge in [0.05, 0.1) is 10.0 Å². The van der Waals surface area contributed by atoms with Crippen molar-refractivity contribution >= 4 is 46.7 Å². The Balaban J connectivity index is 1.71. The fourth-order valence-electron chi connectivity index (χ4n) is 1.55. The summed E-state index contributed by atoms with van der Waals surface area (Å²) in [6, 6.07) is 16.0. The van der Waals surface area contributed by atoms with Crippen LogP contribution in [0.1, 0.15) is 6.42 Å². The lowest BCUT2D eigenvalue weighted by molar-refractivity contribution is 1.12. The maximum atomic E-state index is 6.11. The van der Waals surface area contributed by atoms with Crippen LogP contribution in [-0.2, 0) is 0 Å². The first-order valence-electron chi connectivity index (χ1n) is 6.02. The molecule has 0 bridgehead atoms. The lowest BCUT2D eigenvalue weighted by Crippen LogP contribution is -1.85. The normalized spacial score (nSPS) is 10.6. The Morgan fingerprint density at radius 2 is 1.11 bits per heavy atom. The van der Waals surface area contributed by atoms with Gasteiger partial charge in [0, 0.05) is 9.79 Å². The second kappa shape index (κ2) is 8.11. The third-order valence-corrected chi connectivity index (χ3v) is 5.68. The Kier molecular flexibility index (Phi) is 6.45. The summed E-state index contributed by atoms with van der Waals surface area (Å²) < 4.78 is 0. The summed E-state index contributed by atoms with van der Waals surface area (Å²) >= 11 is 15.8. The molecule has 100 valence electrons. The maximum Gasteiger partial charge on any atom is 0.0541 e. The summed E-state index contributed by atoms with van der Waals surface area (Å²) in [6.07, 6.45) is 1.13. The van der Waals surface area contributed by atoms with Crippen molar-refractivity contribution in [3.05, 3.63) is 58.6 Å². The molecule has 0 aliphatic carbocycles. The number of hydrogen-bond acceptors (Lipinski definition) is 2. The van der Waals surface area contributed by atoms with E-state index in [0.717, 1.165) is 37.8 Å². The molecule has 0 nitrogen and oxygen atoms in total. The van der Waals surface area contributed by atoms with Crippen molar-refractivity contribution in [1.29, 1.82) is 0 Å². The van der Waals surface area contributed by atoms with Crippen molar-refractivity contribution in [3.63, 3.8) is 0 Å². The Labute approximate surface area is 132 Å². The van der Waals surface area contributed by atoms with Gasteiger partial charge in [-0.3, -0.25) is 0 Å². The molecule has 0 heterocycles. The van der Waals surface area contributed by atoms with Crippen molar-refractivity contribution in [3.8, 4) is 0 Å². The summed E-state index contributed by atoms with van der Waals surface area (Å²) in [6.45, 7) is 0. The zero-order valence-electron chi connectivity index (χ0n) is 10.3. The molecule has 0 aromatic heterocycles. The number of rotatable bonds is 6. The number of thioether (sulfide) groups is 2. The van der Waals surface area contributed by atoms with E-state index in [1.54, 1.807) is 0 Å². The van der Waals surface area contributed by atoms with Gasteiger partial charge in [-0.2, -0.15) is 0 Å². The van der Waals surface area contributed by atoms with E-state index in [1.165, 1.54) is 0 Å². The topological polar surface area (TPSA) is 0 Å². The molecule has 0 aliphatic heterocycles. The zero-order valence-corrected chi connectivity index (χ0v) is 13.5. The minimum atomic E-state index is 0.839. The minimum absolute atomic E-state index is 0.839. The third kappa shape index (κ3) is 4.96. The Hall–Kier alpha value is -0.280. The third-order valence-electron chi connectivity index (χ3n) is 2.48. The quantitative estimate of drug-likeness (QED) is 0.452. The van der Waals surface area contributed by atoms with Crippen LogP contribution in [0.5, 0.6) is 0 Å². The van der Waals surface area contributed by atoms with Crippen LogP contribution in [0.3, 0.4) is 0 Å². The van der Waals surface area contributed by atoms with E-state index < -0.39 is 0 Å². The van der Waals surface area contributed by atoms with Gasteiger partial charge in [0.15, 0.2) is 0 Å². The molecular weight excluding hydrogens is 315 g/mol. The van der Waals surface area contributed by atoms with Crippen LogP contribution in [0.2, 0.25) is 10.0 Å². The monoisotopic (exact) mass is 328 g/mol. The molecule has 0 unspecified atom stereocenters. The highest BCUT2D eigenvalue weighted by Crippen LogP contribution is 2.30. The van der Waals surface area contributed by atoms with Crippen molar-refractivity contribution < 1.29 is 0 Å². The molecule has 4 heteroatoms. The molecule has 0 fully saturated rings. The van der Waals surface area contributed by atoms with E-state index in [-0.39, 0.29) is 0 Å².